The van der Waals surface area contributed by atoms with Gasteiger partial charge in [0.2, 0.25) is 0 Å². The molecule has 0 bridgehead atoms. The first kappa shape index (κ1) is 10.8. The Bertz CT molecular complexity index is 340. The van der Waals surface area contributed by atoms with Crippen LogP contribution in [0.25, 0.3) is 0 Å². The Labute approximate surface area is 85.3 Å². The lowest BCUT2D eigenvalue weighted by molar-refractivity contribution is 0.396. The van der Waals surface area contributed by atoms with Crippen LogP contribution < -0.4 is 10.5 Å². The largest absolute Gasteiger partial charge is 0.496 e. The number of hydrogen-bond donors (Lipinski definition) is 1. The summed E-state index contributed by atoms with van der Waals surface area (Å²) in [4.78, 5) is 4.25. The zero-order valence-corrected chi connectivity index (χ0v) is 9.51. The highest BCUT2D eigenvalue weighted by atomic mass is 16.5. The molecule has 78 valence electrons. The lowest BCUT2D eigenvalue weighted by Crippen LogP contribution is -2.16. The molecule has 14 heavy (non-hydrogen) atoms. The SMILES string of the molecule is COc1cc(N)nc(C)c1C(C)(C)C. The molecule has 0 aromatic carbocycles. The number of hydrogen-bond acceptors (Lipinski definition) is 3. The van der Waals surface area contributed by atoms with E-state index >= 15 is 0 Å². The zero-order chi connectivity index (χ0) is 10.9. The minimum Gasteiger partial charge on any atom is -0.496 e. The van der Waals surface area contributed by atoms with Crippen molar-refractivity contribution in [2.45, 2.75) is 33.1 Å². The van der Waals surface area contributed by atoms with Gasteiger partial charge in [-0.3, -0.25) is 0 Å². The number of rotatable bonds is 1. The zero-order valence-electron chi connectivity index (χ0n) is 9.51. The minimum atomic E-state index is 0.0239. The molecule has 0 fully saturated rings. The molecule has 1 rings (SSSR count). The van der Waals surface area contributed by atoms with Crippen LogP contribution in [0.2, 0.25) is 0 Å². The van der Waals surface area contributed by atoms with Crippen LogP contribution in [0, 0.1) is 6.92 Å². The Hall–Kier alpha value is -1.25. The third-order valence-electron chi connectivity index (χ3n) is 2.15. The summed E-state index contributed by atoms with van der Waals surface area (Å²) in [5, 5.41) is 0. The average molecular weight is 194 g/mol. The Morgan fingerprint density at radius 3 is 2.36 bits per heavy atom. The Balaban J connectivity index is 3.40. The first-order valence-electron chi connectivity index (χ1n) is 4.68. The first-order chi connectivity index (χ1) is 6.36. The summed E-state index contributed by atoms with van der Waals surface area (Å²) in [7, 11) is 1.66. The Morgan fingerprint density at radius 1 is 1.36 bits per heavy atom. The van der Waals surface area contributed by atoms with E-state index in [1.807, 2.05) is 6.92 Å². The van der Waals surface area contributed by atoms with Gasteiger partial charge in [-0.05, 0) is 12.3 Å². The van der Waals surface area contributed by atoms with Crippen LogP contribution in [0.1, 0.15) is 32.0 Å². The minimum absolute atomic E-state index is 0.0239. The number of nitrogen functional groups attached to an aromatic ring is 1. The molecule has 0 saturated carbocycles. The second-order valence-electron chi connectivity index (χ2n) is 4.46. The molecule has 0 aliphatic rings. The molecule has 0 saturated heterocycles. The summed E-state index contributed by atoms with van der Waals surface area (Å²) in [6.45, 7) is 8.36. The maximum Gasteiger partial charge on any atom is 0.128 e. The van der Waals surface area contributed by atoms with Gasteiger partial charge in [0.15, 0.2) is 0 Å². The van der Waals surface area contributed by atoms with E-state index in [-0.39, 0.29) is 5.41 Å². The predicted octanol–water partition coefficient (Wildman–Crippen LogP) is 2.28. The van der Waals surface area contributed by atoms with Gasteiger partial charge in [0.25, 0.3) is 0 Å². The molecule has 1 aromatic rings. The second kappa shape index (κ2) is 3.48. The quantitative estimate of drug-likeness (QED) is 0.746. The van der Waals surface area contributed by atoms with Crippen molar-refractivity contribution < 1.29 is 4.74 Å². The van der Waals surface area contributed by atoms with Gasteiger partial charge in [-0.2, -0.15) is 0 Å². The summed E-state index contributed by atoms with van der Waals surface area (Å²) < 4.78 is 5.31. The van der Waals surface area contributed by atoms with E-state index in [1.54, 1.807) is 13.2 Å². The summed E-state index contributed by atoms with van der Waals surface area (Å²) >= 11 is 0. The molecule has 0 spiro atoms. The van der Waals surface area contributed by atoms with Crippen molar-refractivity contribution in [2.75, 3.05) is 12.8 Å². The maximum absolute atomic E-state index is 5.66. The summed E-state index contributed by atoms with van der Waals surface area (Å²) in [6, 6.07) is 1.77. The van der Waals surface area contributed by atoms with E-state index in [0.29, 0.717) is 5.82 Å². The van der Waals surface area contributed by atoms with Crippen molar-refractivity contribution in [3.8, 4) is 5.75 Å². The van der Waals surface area contributed by atoms with Crippen molar-refractivity contribution in [1.82, 2.24) is 4.98 Å². The third kappa shape index (κ3) is 1.97. The Kier molecular flexibility index (Phi) is 2.69. The molecule has 0 unspecified atom stereocenters. The second-order valence-corrected chi connectivity index (χ2v) is 4.46. The van der Waals surface area contributed by atoms with E-state index in [2.05, 4.69) is 25.8 Å². The van der Waals surface area contributed by atoms with Gasteiger partial charge in [-0.15, -0.1) is 0 Å². The van der Waals surface area contributed by atoms with E-state index in [0.717, 1.165) is 17.0 Å². The van der Waals surface area contributed by atoms with Gasteiger partial charge < -0.3 is 10.5 Å². The molecule has 1 aromatic heterocycles. The van der Waals surface area contributed by atoms with Gasteiger partial charge in [-0.25, -0.2) is 4.98 Å². The van der Waals surface area contributed by atoms with Gasteiger partial charge in [-0.1, -0.05) is 20.8 Å². The smallest absolute Gasteiger partial charge is 0.128 e. The number of pyridine rings is 1. The lowest BCUT2D eigenvalue weighted by atomic mass is 9.85. The van der Waals surface area contributed by atoms with Crippen LogP contribution in [0.15, 0.2) is 6.07 Å². The lowest BCUT2D eigenvalue weighted by Gasteiger charge is -2.23. The molecular formula is C11H18N2O. The van der Waals surface area contributed by atoms with Crippen LogP contribution in [0.5, 0.6) is 5.75 Å². The molecular weight excluding hydrogens is 176 g/mol. The highest BCUT2D eigenvalue weighted by Gasteiger charge is 2.22. The number of ether oxygens (including phenoxy) is 1. The van der Waals surface area contributed by atoms with Crippen LogP contribution in [0.4, 0.5) is 5.82 Å². The first-order valence-corrected chi connectivity index (χ1v) is 4.68. The van der Waals surface area contributed by atoms with Crippen molar-refractivity contribution in [1.29, 1.82) is 0 Å². The molecule has 3 heteroatoms. The number of aryl methyl sites for hydroxylation is 1. The van der Waals surface area contributed by atoms with Crippen LogP contribution in [0.3, 0.4) is 0 Å². The molecule has 0 radical (unpaired) electrons. The number of nitrogens with zero attached hydrogens (tertiary/aromatic N) is 1. The Morgan fingerprint density at radius 2 is 1.93 bits per heavy atom. The molecule has 1 heterocycles. The van der Waals surface area contributed by atoms with Gasteiger partial charge in [0.05, 0.1) is 7.11 Å². The van der Waals surface area contributed by atoms with E-state index in [9.17, 15) is 0 Å². The van der Waals surface area contributed by atoms with E-state index in [4.69, 9.17) is 10.5 Å². The number of anilines is 1. The normalized spacial score (nSPS) is 11.5. The fourth-order valence-corrected chi connectivity index (χ4v) is 1.74. The molecule has 2 N–H and O–H groups in total. The van der Waals surface area contributed by atoms with Gasteiger partial charge in [0.1, 0.15) is 11.6 Å². The van der Waals surface area contributed by atoms with Crippen molar-refractivity contribution in [2.24, 2.45) is 0 Å². The molecule has 0 amide bonds. The fraction of sp³-hybridized carbons (Fsp3) is 0.545. The van der Waals surface area contributed by atoms with E-state index in [1.165, 1.54) is 0 Å². The average Bonchev–Trinajstić information content (AvgIpc) is 1.99. The van der Waals surface area contributed by atoms with Crippen molar-refractivity contribution in [3.05, 3.63) is 17.3 Å². The van der Waals surface area contributed by atoms with Crippen LogP contribution in [-0.4, -0.2) is 12.1 Å². The van der Waals surface area contributed by atoms with Crippen molar-refractivity contribution in [3.63, 3.8) is 0 Å². The monoisotopic (exact) mass is 194 g/mol. The molecule has 0 atom stereocenters. The predicted molar refractivity (Wildman–Crippen MR) is 58.6 cm³/mol. The van der Waals surface area contributed by atoms with Gasteiger partial charge in [0, 0.05) is 17.3 Å². The summed E-state index contributed by atoms with van der Waals surface area (Å²) in [6.07, 6.45) is 0. The molecule has 3 nitrogen and oxygen atoms in total. The molecule has 0 aliphatic heterocycles. The molecule has 0 aliphatic carbocycles. The van der Waals surface area contributed by atoms with Gasteiger partial charge >= 0.3 is 0 Å². The highest BCUT2D eigenvalue weighted by Crippen LogP contribution is 2.34. The fourth-order valence-electron chi connectivity index (χ4n) is 1.74. The number of methoxy groups -OCH3 is 1. The number of aromatic nitrogens is 1. The van der Waals surface area contributed by atoms with E-state index < -0.39 is 0 Å². The highest BCUT2D eigenvalue weighted by molar-refractivity contribution is 5.48. The summed E-state index contributed by atoms with van der Waals surface area (Å²) in [5.41, 5.74) is 7.74. The maximum atomic E-state index is 5.66. The van der Waals surface area contributed by atoms with Crippen LogP contribution >= 0.6 is 0 Å². The third-order valence-corrected chi connectivity index (χ3v) is 2.15. The van der Waals surface area contributed by atoms with Crippen molar-refractivity contribution >= 4 is 5.82 Å². The number of nitrogens with two attached hydrogens (primary N) is 1. The summed E-state index contributed by atoms with van der Waals surface area (Å²) in [5.74, 6) is 1.33. The topological polar surface area (TPSA) is 48.1 Å². The van der Waals surface area contributed by atoms with Crippen LogP contribution in [-0.2, 0) is 5.41 Å². The standard InChI is InChI=1S/C11H18N2O/c1-7-10(11(2,3)4)8(14-5)6-9(12)13-7/h6H,1-5H3,(H2,12,13).